The minimum absolute atomic E-state index is 0.135. The number of nitrogens with zero attached hydrogens (tertiary/aromatic N) is 3. The van der Waals surface area contributed by atoms with Crippen LogP contribution in [0, 0.1) is 19.7 Å². The molecule has 0 atom stereocenters. The number of carbonyl (C=O) groups is 2. The molecule has 1 aromatic carbocycles. The van der Waals surface area contributed by atoms with E-state index in [-0.39, 0.29) is 16.4 Å². The molecule has 0 fully saturated rings. The summed E-state index contributed by atoms with van der Waals surface area (Å²) in [5, 5.41) is 8.56. The van der Waals surface area contributed by atoms with Gasteiger partial charge in [0.15, 0.2) is 16.7 Å². The Morgan fingerprint density at radius 3 is 2.63 bits per heavy atom. The fraction of sp³-hybridized carbons (Fsp3) is 0.222. The van der Waals surface area contributed by atoms with Crippen LogP contribution in [-0.2, 0) is 11.8 Å². The Kier molecular flexibility index (Phi) is 5.04. The van der Waals surface area contributed by atoms with Crippen LogP contribution in [0.2, 0.25) is 0 Å². The molecule has 0 spiro atoms. The zero-order chi connectivity index (χ0) is 19.7. The highest BCUT2D eigenvalue weighted by molar-refractivity contribution is 7.14. The lowest BCUT2D eigenvalue weighted by Gasteiger charge is -2.03. The molecule has 2 aromatic heterocycles. The molecule has 27 heavy (non-hydrogen) atoms. The molecular formula is C18H17FN4O3S. The van der Waals surface area contributed by atoms with Crippen LogP contribution in [0.1, 0.15) is 21.7 Å². The Balaban J connectivity index is 1.78. The number of ether oxygens (including phenoxy) is 1. The van der Waals surface area contributed by atoms with Crippen LogP contribution in [0.3, 0.4) is 0 Å². The number of hydrogen-bond acceptors (Lipinski definition) is 6. The van der Waals surface area contributed by atoms with Crippen LogP contribution in [0.5, 0.6) is 5.75 Å². The Bertz CT molecular complexity index is 1040. The van der Waals surface area contributed by atoms with Gasteiger partial charge < -0.3 is 4.74 Å². The summed E-state index contributed by atoms with van der Waals surface area (Å²) in [6.45, 7) is 3.40. The lowest BCUT2D eigenvalue weighted by Crippen LogP contribution is -2.23. The number of Topliss-reactive ketones (excluding diaryl/α,β-unsaturated/α-hetero) is 1. The monoisotopic (exact) mass is 388 g/mol. The minimum Gasteiger partial charge on any atom is -0.494 e. The van der Waals surface area contributed by atoms with Crippen molar-refractivity contribution in [3.8, 4) is 17.0 Å². The van der Waals surface area contributed by atoms with Crippen LogP contribution >= 0.6 is 11.3 Å². The minimum atomic E-state index is -0.795. The first kappa shape index (κ1) is 18.7. The molecule has 0 aliphatic rings. The van der Waals surface area contributed by atoms with E-state index < -0.39 is 17.5 Å². The molecule has 0 unspecified atom stereocenters. The number of benzene rings is 1. The zero-order valence-electron chi connectivity index (χ0n) is 15.2. The fourth-order valence-corrected chi connectivity index (χ4v) is 3.37. The van der Waals surface area contributed by atoms with Crippen LogP contribution in [-0.4, -0.2) is 33.6 Å². The number of carbonyl (C=O) groups excluding carboxylic acids is 2. The Labute approximate surface area is 158 Å². The third-order valence-electron chi connectivity index (χ3n) is 4.11. The number of hydrogen-bond donors (Lipinski definition) is 1. The van der Waals surface area contributed by atoms with Gasteiger partial charge in [0.2, 0.25) is 0 Å². The quantitative estimate of drug-likeness (QED) is 0.536. The van der Waals surface area contributed by atoms with Crippen molar-refractivity contribution in [2.45, 2.75) is 13.8 Å². The van der Waals surface area contributed by atoms with Gasteiger partial charge in [-0.1, -0.05) is 0 Å². The molecule has 2 heterocycles. The molecule has 9 heteroatoms. The number of amides is 1. The van der Waals surface area contributed by atoms with Gasteiger partial charge in [0.1, 0.15) is 0 Å². The maximum absolute atomic E-state index is 13.9. The largest absolute Gasteiger partial charge is 0.494 e. The van der Waals surface area contributed by atoms with E-state index in [1.165, 1.54) is 19.2 Å². The number of rotatable bonds is 5. The highest BCUT2D eigenvalue weighted by Gasteiger charge is 2.24. The van der Waals surface area contributed by atoms with Crippen molar-refractivity contribution in [2.75, 3.05) is 12.4 Å². The average molecular weight is 388 g/mol. The van der Waals surface area contributed by atoms with Crippen molar-refractivity contribution in [3.63, 3.8) is 0 Å². The number of aryl methyl sites for hydroxylation is 2. The summed E-state index contributed by atoms with van der Waals surface area (Å²) >= 11 is 1.14. The lowest BCUT2D eigenvalue weighted by atomic mass is 10.1. The van der Waals surface area contributed by atoms with Crippen molar-refractivity contribution in [1.82, 2.24) is 14.8 Å². The number of aromatic nitrogens is 3. The van der Waals surface area contributed by atoms with Gasteiger partial charge in [-0.3, -0.25) is 19.6 Å². The van der Waals surface area contributed by atoms with Gasteiger partial charge in [0, 0.05) is 23.7 Å². The first-order valence-corrected chi connectivity index (χ1v) is 8.85. The molecule has 140 valence electrons. The maximum Gasteiger partial charge on any atom is 0.298 e. The zero-order valence-corrected chi connectivity index (χ0v) is 16.0. The second-order valence-corrected chi connectivity index (χ2v) is 6.70. The molecule has 0 saturated carbocycles. The molecule has 0 bridgehead atoms. The van der Waals surface area contributed by atoms with Crippen molar-refractivity contribution < 1.29 is 18.7 Å². The number of methoxy groups -OCH3 is 1. The van der Waals surface area contributed by atoms with Gasteiger partial charge in [-0.05, 0) is 32.0 Å². The Morgan fingerprint density at radius 1 is 1.30 bits per heavy atom. The summed E-state index contributed by atoms with van der Waals surface area (Å²) in [6, 6.07) is 4.46. The number of thiazole rings is 1. The van der Waals surface area contributed by atoms with E-state index in [1.807, 2.05) is 0 Å². The summed E-state index contributed by atoms with van der Waals surface area (Å²) in [5.41, 5.74) is 2.40. The third-order valence-corrected chi connectivity index (χ3v) is 4.87. The highest BCUT2D eigenvalue weighted by atomic mass is 32.1. The van der Waals surface area contributed by atoms with Gasteiger partial charge in [0.05, 0.1) is 24.1 Å². The molecule has 0 aliphatic carbocycles. The summed E-state index contributed by atoms with van der Waals surface area (Å²) < 4.78 is 20.3. The van der Waals surface area contributed by atoms with Crippen molar-refractivity contribution in [3.05, 3.63) is 46.3 Å². The Hall–Kier alpha value is -3.07. The summed E-state index contributed by atoms with van der Waals surface area (Å²) in [7, 11) is 3.09. The van der Waals surface area contributed by atoms with Crippen LogP contribution < -0.4 is 10.1 Å². The first-order chi connectivity index (χ1) is 12.8. The van der Waals surface area contributed by atoms with Gasteiger partial charge in [0.25, 0.3) is 11.7 Å². The smallest absolute Gasteiger partial charge is 0.298 e. The summed E-state index contributed by atoms with van der Waals surface area (Å²) in [6.07, 6.45) is 0. The van der Waals surface area contributed by atoms with Gasteiger partial charge in [-0.15, -0.1) is 11.3 Å². The predicted octanol–water partition coefficient (Wildman–Crippen LogP) is 3.13. The maximum atomic E-state index is 13.9. The molecule has 1 N–H and O–H groups in total. The van der Waals surface area contributed by atoms with E-state index in [0.717, 1.165) is 11.3 Å². The lowest BCUT2D eigenvalue weighted by molar-refractivity contribution is -0.112. The van der Waals surface area contributed by atoms with Gasteiger partial charge >= 0.3 is 0 Å². The predicted molar refractivity (Wildman–Crippen MR) is 99.7 cm³/mol. The average Bonchev–Trinajstić information content (AvgIpc) is 3.19. The van der Waals surface area contributed by atoms with Crippen molar-refractivity contribution in [2.24, 2.45) is 7.05 Å². The van der Waals surface area contributed by atoms with E-state index in [4.69, 9.17) is 4.74 Å². The highest BCUT2D eigenvalue weighted by Crippen LogP contribution is 2.28. The van der Waals surface area contributed by atoms with Gasteiger partial charge in [-0.25, -0.2) is 9.37 Å². The van der Waals surface area contributed by atoms with Crippen molar-refractivity contribution in [1.29, 1.82) is 0 Å². The van der Waals surface area contributed by atoms with E-state index in [9.17, 15) is 14.0 Å². The second-order valence-electron chi connectivity index (χ2n) is 5.84. The normalized spacial score (nSPS) is 10.7. The van der Waals surface area contributed by atoms with Crippen LogP contribution in [0.25, 0.3) is 11.3 Å². The van der Waals surface area contributed by atoms with Crippen LogP contribution in [0.4, 0.5) is 9.52 Å². The molecule has 0 aliphatic heterocycles. The van der Waals surface area contributed by atoms with Crippen LogP contribution in [0.15, 0.2) is 23.6 Å². The molecule has 7 nitrogen and oxygen atoms in total. The van der Waals surface area contributed by atoms with E-state index >= 15 is 0 Å². The second kappa shape index (κ2) is 7.28. The first-order valence-electron chi connectivity index (χ1n) is 7.97. The topological polar surface area (TPSA) is 86.1 Å². The summed E-state index contributed by atoms with van der Waals surface area (Å²) in [5.74, 6) is -1.84. The van der Waals surface area contributed by atoms with Gasteiger partial charge in [-0.2, -0.15) is 5.10 Å². The number of halogens is 1. The fourth-order valence-electron chi connectivity index (χ4n) is 2.66. The Morgan fingerprint density at radius 2 is 2.04 bits per heavy atom. The molecule has 3 aromatic rings. The van der Waals surface area contributed by atoms with E-state index in [2.05, 4.69) is 15.4 Å². The molecule has 3 rings (SSSR count). The van der Waals surface area contributed by atoms with E-state index in [0.29, 0.717) is 22.6 Å². The van der Waals surface area contributed by atoms with E-state index in [1.54, 1.807) is 37.0 Å². The molecular weight excluding hydrogens is 371 g/mol. The summed E-state index contributed by atoms with van der Waals surface area (Å²) in [4.78, 5) is 29.0. The van der Waals surface area contributed by atoms with Crippen molar-refractivity contribution >= 4 is 28.2 Å². The SMILES string of the molecule is COc1ccc(-c2csc(NC(=O)C(=O)c3c(C)nn(C)c3C)n2)cc1F. The molecule has 0 radical (unpaired) electrons. The standard InChI is InChI=1S/C18H17FN4O3S/c1-9-15(10(2)23(3)22-9)16(24)17(25)21-18-20-13(8-27-18)11-5-6-14(26-4)12(19)7-11/h5-8H,1-4H3,(H,20,21,25). The number of ketones is 1. The number of anilines is 1. The third kappa shape index (κ3) is 3.59. The molecule has 1 amide bonds. The molecule has 0 saturated heterocycles. The number of nitrogens with one attached hydrogen (secondary N) is 1.